The third-order valence-corrected chi connectivity index (χ3v) is 2.42. The number of nitrogens with one attached hydrogen (secondary N) is 1. The van der Waals surface area contributed by atoms with E-state index >= 15 is 0 Å². The van der Waals surface area contributed by atoms with Crippen LogP contribution in [0.3, 0.4) is 0 Å². The first-order chi connectivity index (χ1) is 7.95. The van der Waals surface area contributed by atoms with E-state index in [0.717, 1.165) is 4.90 Å². The van der Waals surface area contributed by atoms with Crippen molar-refractivity contribution in [1.29, 1.82) is 0 Å². The second kappa shape index (κ2) is 3.70. The van der Waals surface area contributed by atoms with Crippen LogP contribution in [0.4, 0.5) is 23.7 Å². The van der Waals surface area contributed by atoms with Crippen LogP contribution < -0.4 is 10.2 Å². The fourth-order valence-electron chi connectivity index (χ4n) is 1.70. The van der Waals surface area contributed by atoms with Crippen molar-refractivity contribution in [1.82, 2.24) is 5.32 Å². The van der Waals surface area contributed by atoms with Crippen LogP contribution in [0.2, 0.25) is 0 Å². The lowest BCUT2D eigenvalue weighted by atomic mass is 10.0. The number of nitrogens with zero attached hydrogens (tertiary/aromatic N) is 1. The lowest BCUT2D eigenvalue weighted by Gasteiger charge is -2.32. The second-order valence-corrected chi connectivity index (χ2v) is 3.45. The van der Waals surface area contributed by atoms with Crippen molar-refractivity contribution in [3.63, 3.8) is 0 Å². The number of hydrogen-bond donors (Lipinski definition) is 1. The summed E-state index contributed by atoms with van der Waals surface area (Å²) in [6, 6.07) is 4.72. The van der Waals surface area contributed by atoms with Crippen molar-refractivity contribution in [3.8, 4) is 12.5 Å². The number of hydrogen-bond acceptors (Lipinski definition) is 1. The molecule has 0 radical (unpaired) electrons. The van der Waals surface area contributed by atoms with Crippen LogP contribution in [0.25, 0.3) is 0 Å². The Kier molecular flexibility index (Phi) is 2.46. The zero-order valence-electron chi connectivity index (χ0n) is 8.45. The van der Waals surface area contributed by atoms with Gasteiger partial charge in [0.25, 0.3) is 0 Å². The molecule has 3 nitrogen and oxygen atoms in total. The molecule has 88 valence electrons. The number of urea groups is 1. The molecule has 0 saturated heterocycles. The van der Waals surface area contributed by atoms with Crippen LogP contribution >= 0.6 is 0 Å². The van der Waals surface area contributed by atoms with Crippen molar-refractivity contribution < 1.29 is 18.0 Å². The normalized spacial score (nSPS) is 19.3. The molecular weight excluding hydrogens is 233 g/mol. The molecule has 6 heteroatoms. The summed E-state index contributed by atoms with van der Waals surface area (Å²) < 4.78 is 38.2. The molecule has 0 bridgehead atoms. The van der Waals surface area contributed by atoms with Crippen molar-refractivity contribution in [2.75, 3.05) is 4.90 Å². The van der Waals surface area contributed by atoms with Gasteiger partial charge in [-0.25, -0.2) is 9.69 Å². The molecule has 0 fully saturated rings. The Hall–Kier alpha value is -2.16. The van der Waals surface area contributed by atoms with Crippen LogP contribution in [-0.2, 0) is 0 Å². The zero-order chi connectivity index (χ0) is 12.6. The second-order valence-electron chi connectivity index (χ2n) is 3.45. The number of fused-ring (bicyclic) bond motifs is 1. The van der Waals surface area contributed by atoms with Crippen LogP contribution in [0.15, 0.2) is 24.3 Å². The number of benzene rings is 1. The summed E-state index contributed by atoms with van der Waals surface area (Å²) in [5.41, 5.74) is 0.0265. The van der Waals surface area contributed by atoms with E-state index < -0.39 is 18.2 Å². The molecule has 1 N–H and O–H groups in total. The van der Waals surface area contributed by atoms with Crippen molar-refractivity contribution in [2.24, 2.45) is 0 Å². The Morgan fingerprint density at radius 2 is 2.00 bits per heavy atom. The molecular formula is C11H7F3N2O. The van der Waals surface area contributed by atoms with E-state index in [-0.39, 0.29) is 11.3 Å². The van der Waals surface area contributed by atoms with Gasteiger partial charge in [0.2, 0.25) is 0 Å². The molecule has 2 amide bonds. The molecule has 1 aliphatic rings. The molecule has 1 aromatic carbocycles. The molecule has 0 spiro atoms. The van der Waals surface area contributed by atoms with Gasteiger partial charge in [0, 0.05) is 11.6 Å². The average molecular weight is 240 g/mol. The summed E-state index contributed by atoms with van der Waals surface area (Å²) in [5, 5.41) is 1.83. The fourth-order valence-corrected chi connectivity index (χ4v) is 1.70. The maximum atomic E-state index is 12.7. The lowest BCUT2D eigenvalue weighted by molar-refractivity contribution is -0.155. The van der Waals surface area contributed by atoms with Gasteiger partial charge in [-0.15, -0.1) is 0 Å². The van der Waals surface area contributed by atoms with Crippen LogP contribution in [0.1, 0.15) is 11.6 Å². The van der Waals surface area contributed by atoms with Crippen LogP contribution in [0, 0.1) is 12.5 Å². The number of carbonyl (C=O) groups excluding carboxylic acids is 1. The molecule has 1 aromatic rings. The van der Waals surface area contributed by atoms with Gasteiger partial charge in [0.05, 0.1) is 5.69 Å². The number of halogens is 3. The summed E-state index contributed by atoms with van der Waals surface area (Å²) >= 11 is 0. The Labute approximate surface area is 95.2 Å². The molecule has 0 aliphatic carbocycles. The van der Waals surface area contributed by atoms with E-state index in [1.165, 1.54) is 24.3 Å². The van der Waals surface area contributed by atoms with Gasteiger partial charge < -0.3 is 5.32 Å². The number of rotatable bonds is 0. The minimum Gasteiger partial charge on any atom is -0.321 e. The molecule has 2 rings (SSSR count). The maximum absolute atomic E-state index is 12.7. The molecule has 1 heterocycles. The first kappa shape index (κ1) is 11.3. The SMILES string of the molecule is C#CN1C(=O)NC(C(F)(F)F)c2ccccc21. The standard InChI is InChI=1S/C11H7F3N2O/c1-2-16-8-6-4-3-5-7(8)9(11(12,13)14)15-10(16)17/h1,3-6,9H,(H,15,17). The van der Waals surface area contributed by atoms with E-state index in [2.05, 4.69) is 0 Å². The molecule has 0 aromatic heterocycles. The molecule has 1 aliphatic heterocycles. The Balaban J connectivity index is 2.58. The quantitative estimate of drug-likeness (QED) is 0.694. The minimum atomic E-state index is -4.55. The van der Waals surface area contributed by atoms with Gasteiger partial charge >= 0.3 is 12.2 Å². The number of anilines is 1. The molecule has 1 atom stereocenters. The predicted octanol–water partition coefficient (Wildman–Crippen LogP) is 2.41. The highest BCUT2D eigenvalue weighted by Crippen LogP contribution is 2.39. The number of terminal acetylenes is 1. The van der Waals surface area contributed by atoms with Gasteiger partial charge in [-0.3, -0.25) is 0 Å². The Morgan fingerprint density at radius 3 is 2.59 bits per heavy atom. The highest BCUT2D eigenvalue weighted by atomic mass is 19.4. The fraction of sp³-hybridized carbons (Fsp3) is 0.182. The smallest absolute Gasteiger partial charge is 0.321 e. The highest BCUT2D eigenvalue weighted by molar-refractivity contribution is 5.98. The van der Waals surface area contributed by atoms with Crippen LogP contribution in [0.5, 0.6) is 0 Å². The summed E-state index contributed by atoms with van der Waals surface area (Å²) in [6.07, 6.45) is 0.548. The number of para-hydroxylation sites is 1. The van der Waals surface area contributed by atoms with Crippen LogP contribution in [-0.4, -0.2) is 12.2 Å². The van der Waals surface area contributed by atoms with Crippen molar-refractivity contribution in [3.05, 3.63) is 29.8 Å². The topological polar surface area (TPSA) is 32.3 Å². The van der Waals surface area contributed by atoms with E-state index in [1.54, 1.807) is 0 Å². The van der Waals surface area contributed by atoms with Crippen molar-refractivity contribution in [2.45, 2.75) is 12.2 Å². The van der Waals surface area contributed by atoms with Gasteiger partial charge in [-0.1, -0.05) is 24.6 Å². The summed E-state index contributed by atoms with van der Waals surface area (Å²) in [6.45, 7) is 0. The van der Waals surface area contributed by atoms with E-state index in [9.17, 15) is 18.0 Å². The average Bonchev–Trinajstić information content (AvgIpc) is 2.27. The van der Waals surface area contributed by atoms with E-state index in [0.29, 0.717) is 0 Å². The van der Waals surface area contributed by atoms with E-state index in [1.807, 2.05) is 11.4 Å². The summed E-state index contributed by atoms with van der Waals surface area (Å²) in [4.78, 5) is 12.2. The summed E-state index contributed by atoms with van der Waals surface area (Å²) in [7, 11) is 0. The van der Waals surface area contributed by atoms with Gasteiger partial charge in [-0.2, -0.15) is 13.2 Å². The number of amides is 2. The first-order valence-electron chi connectivity index (χ1n) is 4.67. The third kappa shape index (κ3) is 1.80. The Bertz CT molecular complexity index is 504. The predicted molar refractivity (Wildman–Crippen MR) is 55.1 cm³/mol. The van der Waals surface area contributed by atoms with Gasteiger partial charge in [0.15, 0.2) is 6.04 Å². The molecule has 1 unspecified atom stereocenters. The monoisotopic (exact) mass is 240 g/mol. The highest BCUT2D eigenvalue weighted by Gasteiger charge is 2.46. The largest absolute Gasteiger partial charge is 0.413 e. The van der Waals surface area contributed by atoms with E-state index in [4.69, 9.17) is 6.42 Å². The molecule has 0 saturated carbocycles. The first-order valence-corrected chi connectivity index (χ1v) is 4.67. The van der Waals surface area contributed by atoms with Gasteiger partial charge in [-0.05, 0) is 6.07 Å². The van der Waals surface area contributed by atoms with Crippen molar-refractivity contribution >= 4 is 11.7 Å². The molecule has 17 heavy (non-hydrogen) atoms. The zero-order valence-corrected chi connectivity index (χ0v) is 8.45. The number of alkyl halides is 3. The minimum absolute atomic E-state index is 0.0578. The lowest BCUT2D eigenvalue weighted by Crippen LogP contribution is -2.48. The summed E-state index contributed by atoms with van der Waals surface area (Å²) in [5.74, 6) is 0. The maximum Gasteiger partial charge on any atom is 0.413 e. The Morgan fingerprint density at radius 1 is 1.35 bits per heavy atom. The third-order valence-electron chi connectivity index (χ3n) is 2.42. The van der Waals surface area contributed by atoms with Gasteiger partial charge in [0.1, 0.15) is 0 Å². The number of carbonyl (C=O) groups is 1.